The minimum atomic E-state index is -4.47. The van der Waals surface area contributed by atoms with E-state index in [9.17, 15) is 13.2 Å². The summed E-state index contributed by atoms with van der Waals surface area (Å²) in [5, 5.41) is 8.58. The van der Waals surface area contributed by atoms with Crippen LogP contribution >= 0.6 is 15.9 Å². The molecule has 0 saturated heterocycles. The molecule has 1 aromatic carbocycles. The number of alkyl halides is 3. The molecule has 0 aliphatic rings. The van der Waals surface area contributed by atoms with Gasteiger partial charge in [0.2, 0.25) is 0 Å². The van der Waals surface area contributed by atoms with Crippen molar-refractivity contribution in [2.75, 3.05) is 0 Å². The molecule has 0 spiro atoms. The fourth-order valence-corrected chi connectivity index (χ4v) is 1.93. The third-order valence-corrected chi connectivity index (χ3v) is 2.43. The second kappa shape index (κ2) is 4.21. The number of benzene rings is 1. The summed E-state index contributed by atoms with van der Waals surface area (Å²) < 4.78 is 37.5. The first-order valence-electron chi connectivity index (χ1n) is 3.90. The number of nitrogens with two attached hydrogens (primary N) is 1. The molecule has 0 aromatic heterocycles. The Labute approximate surface area is 92.6 Å². The van der Waals surface area contributed by atoms with Crippen LogP contribution in [0.2, 0.25) is 0 Å². The molecule has 1 rings (SSSR count). The average molecular weight is 279 g/mol. The summed E-state index contributed by atoms with van der Waals surface area (Å²) in [7, 11) is 0. The second-order valence-electron chi connectivity index (χ2n) is 2.81. The first-order valence-corrected chi connectivity index (χ1v) is 4.69. The van der Waals surface area contributed by atoms with Gasteiger partial charge in [-0.2, -0.15) is 18.4 Å². The van der Waals surface area contributed by atoms with Gasteiger partial charge in [-0.05, 0) is 17.7 Å². The minimum absolute atomic E-state index is 0.0894. The highest BCUT2D eigenvalue weighted by atomic mass is 79.9. The molecular formula is C9H6BrF3N2. The molecule has 6 heteroatoms. The lowest BCUT2D eigenvalue weighted by Gasteiger charge is -2.13. The average Bonchev–Trinajstić information content (AvgIpc) is 2.14. The molecule has 0 amide bonds. The van der Waals surface area contributed by atoms with Crippen LogP contribution in [0.15, 0.2) is 16.6 Å². The molecule has 0 saturated carbocycles. The summed E-state index contributed by atoms with van der Waals surface area (Å²) in [4.78, 5) is 0. The number of nitriles is 1. The third-order valence-electron chi connectivity index (χ3n) is 1.80. The van der Waals surface area contributed by atoms with Crippen LogP contribution in [-0.2, 0) is 12.7 Å². The largest absolute Gasteiger partial charge is 0.417 e. The first-order chi connectivity index (χ1) is 6.90. The molecule has 0 aliphatic heterocycles. The van der Waals surface area contributed by atoms with Crippen molar-refractivity contribution in [3.63, 3.8) is 0 Å². The quantitative estimate of drug-likeness (QED) is 0.859. The molecule has 1 aromatic rings. The van der Waals surface area contributed by atoms with Crippen LogP contribution in [0.4, 0.5) is 13.2 Å². The van der Waals surface area contributed by atoms with Crippen molar-refractivity contribution in [3.05, 3.63) is 33.3 Å². The van der Waals surface area contributed by atoms with Gasteiger partial charge in [-0.25, -0.2) is 0 Å². The van der Waals surface area contributed by atoms with Gasteiger partial charge in [-0.1, -0.05) is 15.9 Å². The summed E-state index contributed by atoms with van der Waals surface area (Å²) in [5.41, 5.74) is 4.45. The maximum Gasteiger partial charge on any atom is 0.417 e. The topological polar surface area (TPSA) is 49.8 Å². The van der Waals surface area contributed by atoms with Crippen LogP contribution in [0.1, 0.15) is 16.7 Å². The molecule has 0 bridgehead atoms. The number of hydrogen-bond acceptors (Lipinski definition) is 2. The van der Waals surface area contributed by atoms with Crippen LogP contribution in [-0.4, -0.2) is 0 Å². The molecule has 15 heavy (non-hydrogen) atoms. The van der Waals surface area contributed by atoms with E-state index in [1.54, 1.807) is 6.07 Å². The Morgan fingerprint density at radius 2 is 2.00 bits per heavy atom. The van der Waals surface area contributed by atoms with Crippen molar-refractivity contribution in [1.29, 1.82) is 5.26 Å². The SMILES string of the molecule is N#Cc1cc(Br)c(C(F)(F)F)c(CN)c1. The third kappa shape index (κ3) is 2.49. The molecule has 80 valence electrons. The van der Waals surface area contributed by atoms with Crippen molar-refractivity contribution in [1.82, 2.24) is 0 Å². The van der Waals surface area contributed by atoms with E-state index in [0.29, 0.717) is 0 Å². The van der Waals surface area contributed by atoms with Gasteiger partial charge in [0, 0.05) is 11.0 Å². The Hall–Kier alpha value is -1.06. The first kappa shape index (κ1) is 12.0. The van der Waals surface area contributed by atoms with Crippen molar-refractivity contribution in [2.45, 2.75) is 12.7 Å². The minimum Gasteiger partial charge on any atom is -0.326 e. The number of halogens is 4. The highest BCUT2D eigenvalue weighted by Gasteiger charge is 2.35. The van der Waals surface area contributed by atoms with Gasteiger partial charge in [0.1, 0.15) is 0 Å². The Bertz CT molecular complexity index is 421. The van der Waals surface area contributed by atoms with E-state index in [1.807, 2.05) is 0 Å². The zero-order valence-corrected chi connectivity index (χ0v) is 8.98. The van der Waals surface area contributed by atoms with Crippen LogP contribution < -0.4 is 5.73 Å². The fourth-order valence-electron chi connectivity index (χ4n) is 1.21. The molecule has 0 unspecified atom stereocenters. The van der Waals surface area contributed by atoms with Gasteiger partial charge >= 0.3 is 6.18 Å². The van der Waals surface area contributed by atoms with Crippen LogP contribution in [0.3, 0.4) is 0 Å². The molecule has 0 aliphatic carbocycles. The zero-order chi connectivity index (χ0) is 11.6. The van der Waals surface area contributed by atoms with Gasteiger partial charge in [0.05, 0.1) is 17.2 Å². The smallest absolute Gasteiger partial charge is 0.326 e. The predicted molar refractivity (Wildman–Crippen MR) is 51.8 cm³/mol. The molecule has 0 atom stereocenters. The lowest BCUT2D eigenvalue weighted by Crippen LogP contribution is -2.13. The molecule has 2 N–H and O–H groups in total. The van der Waals surface area contributed by atoms with Crippen molar-refractivity contribution in [2.24, 2.45) is 5.73 Å². The van der Waals surface area contributed by atoms with Gasteiger partial charge < -0.3 is 5.73 Å². The monoisotopic (exact) mass is 278 g/mol. The van der Waals surface area contributed by atoms with Gasteiger partial charge in [-0.3, -0.25) is 0 Å². The Morgan fingerprint density at radius 1 is 1.40 bits per heavy atom. The summed E-state index contributed by atoms with van der Waals surface area (Å²) in [6.45, 7) is -0.261. The molecule has 0 heterocycles. The molecule has 2 nitrogen and oxygen atoms in total. The van der Waals surface area contributed by atoms with Crippen molar-refractivity contribution >= 4 is 15.9 Å². The molecule has 0 fully saturated rings. The number of rotatable bonds is 1. The second-order valence-corrected chi connectivity index (χ2v) is 3.66. The van der Waals surface area contributed by atoms with Crippen molar-refractivity contribution in [3.8, 4) is 6.07 Å². The summed E-state index contributed by atoms with van der Waals surface area (Å²) >= 11 is 2.79. The van der Waals surface area contributed by atoms with E-state index < -0.39 is 11.7 Å². The van der Waals surface area contributed by atoms with E-state index in [-0.39, 0.29) is 22.1 Å². The zero-order valence-electron chi connectivity index (χ0n) is 7.40. The van der Waals surface area contributed by atoms with Crippen LogP contribution in [0, 0.1) is 11.3 Å². The highest BCUT2D eigenvalue weighted by Crippen LogP contribution is 2.37. The number of hydrogen-bond donors (Lipinski definition) is 1. The Balaban J connectivity index is 3.46. The fraction of sp³-hybridized carbons (Fsp3) is 0.222. The van der Waals surface area contributed by atoms with Crippen molar-refractivity contribution < 1.29 is 13.2 Å². The van der Waals surface area contributed by atoms with E-state index in [2.05, 4.69) is 15.9 Å². The summed E-state index contributed by atoms with van der Waals surface area (Å²) in [6, 6.07) is 4.04. The maximum absolute atomic E-state index is 12.6. The van der Waals surface area contributed by atoms with E-state index in [1.165, 1.54) is 0 Å². The van der Waals surface area contributed by atoms with E-state index in [4.69, 9.17) is 11.0 Å². The molecule has 0 radical (unpaired) electrons. The standard InChI is InChI=1S/C9H6BrF3N2/c10-7-2-5(3-14)1-6(4-15)8(7)9(11,12)13/h1-2H,4,15H2. The summed E-state index contributed by atoms with van der Waals surface area (Å²) in [5.74, 6) is 0. The van der Waals surface area contributed by atoms with Gasteiger partial charge in [-0.15, -0.1) is 0 Å². The van der Waals surface area contributed by atoms with E-state index in [0.717, 1.165) is 12.1 Å². The van der Waals surface area contributed by atoms with Crippen LogP contribution in [0.5, 0.6) is 0 Å². The predicted octanol–water partition coefficient (Wildman–Crippen LogP) is 2.80. The van der Waals surface area contributed by atoms with E-state index >= 15 is 0 Å². The number of nitrogens with zero attached hydrogens (tertiary/aromatic N) is 1. The molecular weight excluding hydrogens is 273 g/mol. The highest BCUT2D eigenvalue weighted by molar-refractivity contribution is 9.10. The van der Waals surface area contributed by atoms with Gasteiger partial charge in [0.25, 0.3) is 0 Å². The lowest BCUT2D eigenvalue weighted by molar-refractivity contribution is -0.138. The normalized spacial score (nSPS) is 11.2. The maximum atomic E-state index is 12.6. The lowest BCUT2D eigenvalue weighted by atomic mass is 10.0. The van der Waals surface area contributed by atoms with Crippen LogP contribution in [0.25, 0.3) is 0 Å². The Morgan fingerprint density at radius 3 is 2.40 bits per heavy atom. The Kier molecular flexibility index (Phi) is 3.37. The summed E-state index contributed by atoms with van der Waals surface area (Å²) in [6.07, 6.45) is -4.47. The van der Waals surface area contributed by atoms with Gasteiger partial charge in [0.15, 0.2) is 0 Å².